The summed E-state index contributed by atoms with van der Waals surface area (Å²) < 4.78 is 1.88. The molecule has 8 nitrogen and oxygen atoms in total. The number of amides is 2. The van der Waals surface area contributed by atoms with Crippen molar-refractivity contribution in [1.82, 2.24) is 30.0 Å². The van der Waals surface area contributed by atoms with E-state index in [9.17, 15) is 9.59 Å². The van der Waals surface area contributed by atoms with Crippen molar-refractivity contribution < 1.29 is 9.59 Å². The van der Waals surface area contributed by atoms with E-state index in [2.05, 4.69) is 41.3 Å². The molecular formula is C18H26N6O2. The first-order chi connectivity index (χ1) is 12.2. The minimum Gasteiger partial charge on any atom is -0.345 e. The van der Waals surface area contributed by atoms with Crippen LogP contribution in [0.1, 0.15) is 61.5 Å². The predicted octanol–water partition coefficient (Wildman–Crippen LogP) is 1.53. The summed E-state index contributed by atoms with van der Waals surface area (Å²) in [5.41, 5.74) is 2.04. The zero-order valence-electron chi connectivity index (χ0n) is 15.9. The largest absolute Gasteiger partial charge is 0.345 e. The molecule has 2 atom stereocenters. The third-order valence-electron chi connectivity index (χ3n) is 4.95. The van der Waals surface area contributed by atoms with E-state index in [0.717, 1.165) is 11.4 Å². The number of nitrogens with zero attached hydrogens (tertiary/aromatic N) is 4. The van der Waals surface area contributed by atoms with Crippen molar-refractivity contribution in [2.75, 3.05) is 7.05 Å². The molecule has 140 valence electrons. The number of aromatic nitrogens is 4. The second-order valence-electron chi connectivity index (χ2n) is 7.91. The van der Waals surface area contributed by atoms with E-state index in [1.54, 1.807) is 30.5 Å². The topological polar surface area (TPSA) is 95.9 Å². The molecule has 3 rings (SSSR count). The van der Waals surface area contributed by atoms with Gasteiger partial charge in [-0.3, -0.25) is 14.7 Å². The molecule has 0 spiro atoms. The van der Waals surface area contributed by atoms with Gasteiger partial charge in [0.25, 0.3) is 5.91 Å². The molecule has 0 bridgehead atoms. The Morgan fingerprint density at radius 2 is 2.08 bits per heavy atom. The molecular weight excluding hydrogens is 332 g/mol. The van der Waals surface area contributed by atoms with Crippen molar-refractivity contribution in [2.45, 2.75) is 51.1 Å². The molecule has 0 saturated carbocycles. The zero-order valence-corrected chi connectivity index (χ0v) is 15.9. The van der Waals surface area contributed by atoms with Gasteiger partial charge in [0.05, 0.1) is 30.3 Å². The highest BCUT2D eigenvalue weighted by Crippen LogP contribution is 2.30. The quantitative estimate of drug-likeness (QED) is 0.870. The molecule has 0 radical (unpaired) electrons. The van der Waals surface area contributed by atoms with Crippen LogP contribution < -0.4 is 5.32 Å². The highest BCUT2D eigenvalue weighted by molar-refractivity contribution is 5.92. The molecule has 2 amide bonds. The fraction of sp³-hybridized carbons (Fsp3) is 0.556. The van der Waals surface area contributed by atoms with Gasteiger partial charge < -0.3 is 14.8 Å². The average Bonchev–Trinajstić information content (AvgIpc) is 3.20. The summed E-state index contributed by atoms with van der Waals surface area (Å²) in [7, 11) is 3.65. The molecule has 1 aliphatic rings. The lowest BCUT2D eigenvalue weighted by Crippen LogP contribution is -2.51. The standard InChI is InChI=1S/C18H26N6O2/c1-18(2,3)14-8-12(21-22-14)17(26)20-11-6-7-15(25)24(5)16(11)13-9-19-10-23(13)4/h8-11,16H,6-7H2,1-5H3,(H,20,26)(H,21,22)/t11-,16-/m1/s1. The second-order valence-corrected chi connectivity index (χ2v) is 7.91. The predicted molar refractivity (Wildman–Crippen MR) is 96.5 cm³/mol. The fourth-order valence-electron chi connectivity index (χ4n) is 3.31. The Morgan fingerprint density at radius 1 is 1.35 bits per heavy atom. The first-order valence-corrected chi connectivity index (χ1v) is 8.77. The van der Waals surface area contributed by atoms with E-state index in [0.29, 0.717) is 18.5 Å². The molecule has 2 N–H and O–H groups in total. The number of carbonyl (C=O) groups excluding carboxylic acids is 2. The summed E-state index contributed by atoms with van der Waals surface area (Å²) in [6, 6.07) is 1.33. The smallest absolute Gasteiger partial charge is 0.272 e. The van der Waals surface area contributed by atoms with Crippen molar-refractivity contribution in [3.05, 3.63) is 35.7 Å². The number of likely N-dealkylation sites (N-methyl/N-ethyl adjacent to an activating group) is 1. The van der Waals surface area contributed by atoms with Gasteiger partial charge in [-0.05, 0) is 12.5 Å². The van der Waals surface area contributed by atoms with Crippen molar-refractivity contribution in [1.29, 1.82) is 0 Å². The first kappa shape index (κ1) is 18.2. The zero-order chi connectivity index (χ0) is 19.1. The molecule has 8 heteroatoms. The fourth-order valence-corrected chi connectivity index (χ4v) is 3.31. The number of carbonyl (C=O) groups is 2. The summed E-state index contributed by atoms with van der Waals surface area (Å²) in [5.74, 6) is -0.173. The lowest BCUT2D eigenvalue weighted by molar-refractivity contribution is -0.136. The summed E-state index contributed by atoms with van der Waals surface area (Å²) >= 11 is 0. The van der Waals surface area contributed by atoms with Crippen LogP contribution in [0.5, 0.6) is 0 Å². The van der Waals surface area contributed by atoms with Crippen LogP contribution in [0, 0.1) is 0 Å². The number of hydrogen-bond donors (Lipinski definition) is 2. The molecule has 1 saturated heterocycles. The Balaban J connectivity index is 1.82. The van der Waals surface area contributed by atoms with Crippen LogP contribution in [0.25, 0.3) is 0 Å². The van der Waals surface area contributed by atoms with Crippen LogP contribution in [0.15, 0.2) is 18.6 Å². The molecule has 2 aromatic heterocycles. The van der Waals surface area contributed by atoms with Gasteiger partial charge in [0.1, 0.15) is 5.69 Å². The number of piperidine rings is 1. The lowest BCUT2D eigenvalue weighted by atomic mass is 9.92. The van der Waals surface area contributed by atoms with Crippen LogP contribution in [0.4, 0.5) is 0 Å². The Hall–Kier alpha value is -2.64. The number of hydrogen-bond acceptors (Lipinski definition) is 4. The summed E-state index contributed by atoms with van der Waals surface area (Å²) in [6.07, 6.45) is 4.43. The van der Waals surface area contributed by atoms with Crippen LogP contribution in [0.2, 0.25) is 0 Å². The van der Waals surface area contributed by atoms with Crippen LogP contribution in [-0.2, 0) is 17.3 Å². The molecule has 1 aliphatic heterocycles. The molecule has 2 aromatic rings. The normalized spacial score (nSPS) is 21.1. The highest BCUT2D eigenvalue weighted by atomic mass is 16.2. The van der Waals surface area contributed by atoms with Gasteiger partial charge in [-0.25, -0.2) is 4.98 Å². The van der Waals surface area contributed by atoms with Crippen LogP contribution in [0.3, 0.4) is 0 Å². The average molecular weight is 358 g/mol. The molecule has 0 aromatic carbocycles. The van der Waals surface area contributed by atoms with E-state index in [-0.39, 0.29) is 29.3 Å². The number of rotatable bonds is 3. The number of aryl methyl sites for hydroxylation is 1. The maximum absolute atomic E-state index is 12.7. The third kappa shape index (κ3) is 3.36. The number of likely N-dealkylation sites (tertiary alicyclic amines) is 1. The van der Waals surface area contributed by atoms with E-state index < -0.39 is 0 Å². The number of imidazole rings is 1. The van der Waals surface area contributed by atoms with Crippen LogP contribution >= 0.6 is 0 Å². The number of aromatic amines is 1. The Labute approximate surface area is 153 Å². The molecule has 26 heavy (non-hydrogen) atoms. The molecule has 0 unspecified atom stereocenters. The first-order valence-electron chi connectivity index (χ1n) is 8.77. The Kier molecular flexibility index (Phi) is 4.60. The molecule has 0 aliphatic carbocycles. The summed E-state index contributed by atoms with van der Waals surface area (Å²) in [6.45, 7) is 6.17. The Bertz CT molecular complexity index is 816. The highest BCUT2D eigenvalue weighted by Gasteiger charge is 2.37. The number of H-pyrrole nitrogens is 1. The van der Waals surface area contributed by atoms with Gasteiger partial charge in [-0.15, -0.1) is 0 Å². The lowest BCUT2D eigenvalue weighted by Gasteiger charge is -2.39. The van der Waals surface area contributed by atoms with Gasteiger partial charge in [0.2, 0.25) is 5.91 Å². The van der Waals surface area contributed by atoms with Gasteiger partial charge in [-0.1, -0.05) is 20.8 Å². The van der Waals surface area contributed by atoms with Gasteiger partial charge in [0.15, 0.2) is 0 Å². The van der Waals surface area contributed by atoms with E-state index in [1.165, 1.54) is 0 Å². The van der Waals surface area contributed by atoms with Crippen molar-refractivity contribution in [3.8, 4) is 0 Å². The number of nitrogens with one attached hydrogen (secondary N) is 2. The van der Waals surface area contributed by atoms with Gasteiger partial charge in [0, 0.05) is 31.6 Å². The van der Waals surface area contributed by atoms with E-state index >= 15 is 0 Å². The van der Waals surface area contributed by atoms with E-state index in [1.807, 2.05) is 11.6 Å². The van der Waals surface area contributed by atoms with Crippen molar-refractivity contribution in [2.24, 2.45) is 7.05 Å². The van der Waals surface area contributed by atoms with Crippen LogP contribution in [-0.4, -0.2) is 49.6 Å². The SMILES string of the molecule is CN1C(=O)CC[C@@H](NC(=O)c2cc(C(C)(C)C)[nH]n2)[C@@H]1c1cncn1C. The van der Waals surface area contributed by atoms with E-state index in [4.69, 9.17) is 0 Å². The third-order valence-corrected chi connectivity index (χ3v) is 4.95. The minimum absolute atomic E-state index is 0.0662. The monoisotopic (exact) mass is 358 g/mol. The molecule has 1 fully saturated rings. The van der Waals surface area contributed by atoms with Gasteiger partial charge in [-0.2, -0.15) is 5.10 Å². The second kappa shape index (κ2) is 6.59. The van der Waals surface area contributed by atoms with Crippen molar-refractivity contribution >= 4 is 11.8 Å². The maximum atomic E-state index is 12.7. The molecule has 3 heterocycles. The van der Waals surface area contributed by atoms with Crippen molar-refractivity contribution in [3.63, 3.8) is 0 Å². The minimum atomic E-state index is -0.256. The maximum Gasteiger partial charge on any atom is 0.272 e. The van der Waals surface area contributed by atoms with Gasteiger partial charge >= 0.3 is 0 Å². The summed E-state index contributed by atoms with van der Waals surface area (Å²) in [4.78, 5) is 30.8. The Morgan fingerprint density at radius 3 is 2.65 bits per heavy atom. The summed E-state index contributed by atoms with van der Waals surface area (Å²) in [5, 5.41) is 10.2.